The van der Waals surface area contributed by atoms with E-state index in [-0.39, 0.29) is 22.6 Å². The number of carbonyl (C=O) groups excluding carboxylic acids is 2. The minimum Gasteiger partial charge on any atom is -0.325 e. The Bertz CT molecular complexity index is 778. The minimum absolute atomic E-state index is 0.135. The summed E-state index contributed by atoms with van der Waals surface area (Å²) in [6.07, 6.45) is 0.820. The van der Waals surface area contributed by atoms with E-state index < -0.39 is 0 Å². The Balaban J connectivity index is 1.39. The zero-order valence-electron chi connectivity index (χ0n) is 15.3. The highest BCUT2D eigenvalue weighted by Gasteiger charge is 2.35. The molecule has 0 N–H and O–H groups in total. The molecular formula is C19H22N2O2S4. The second kappa shape index (κ2) is 8.19. The van der Waals surface area contributed by atoms with E-state index in [1.165, 1.54) is 19.5 Å². The van der Waals surface area contributed by atoms with E-state index in [2.05, 4.69) is 38.1 Å². The van der Waals surface area contributed by atoms with E-state index in [9.17, 15) is 9.59 Å². The van der Waals surface area contributed by atoms with Crippen LogP contribution in [-0.4, -0.2) is 46.2 Å². The van der Waals surface area contributed by atoms with Crippen molar-refractivity contribution in [2.45, 2.75) is 31.0 Å². The Kier molecular flexibility index (Phi) is 5.87. The highest BCUT2D eigenvalue weighted by molar-refractivity contribution is 8.01. The molecule has 2 aliphatic heterocycles. The normalized spacial score (nSPS) is 23.0. The lowest BCUT2D eigenvalue weighted by atomic mass is 10.3. The van der Waals surface area contributed by atoms with Gasteiger partial charge in [0.1, 0.15) is 10.7 Å². The summed E-state index contributed by atoms with van der Waals surface area (Å²) in [6, 6.07) is 8.52. The van der Waals surface area contributed by atoms with Crippen LogP contribution in [-0.2, 0) is 9.59 Å². The van der Waals surface area contributed by atoms with E-state index in [0.717, 1.165) is 6.42 Å². The molecule has 0 saturated carbocycles. The van der Waals surface area contributed by atoms with Gasteiger partial charge in [0.15, 0.2) is 0 Å². The Morgan fingerprint density at radius 2 is 1.26 bits per heavy atom. The highest BCUT2D eigenvalue weighted by Crippen LogP contribution is 2.43. The quantitative estimate of drug-likeness (QED) is 0.657. The summed E-state index contributed by atoms with van der Waals surface area (Å²) in [5, 5.41) is 0.270. The van der Waals surface area contributed by atoms with Crippen molar-refractivity contribution in [2.75, 3.05) is 24.6 Å². The smallest absolute Gasteiger partial charge is 0.233 e. The van der Waals surface area contributed by atoms with Crippen molar-refractivity contribution < 1.29 is 9.59 Å². The van der Waals surface area contributed by atoms with Crippen LogP contribution in [0.5, 0.6) is 0 Å². The van der Waals surface area contributed by atoms with Crippen LogP contribution < -0.4 is 0 Å². The summed E-state index contributed by atoms with van der Waals surface area (Å²) in [7, 11) is 0. The third-order valence-corrected chi connectivity index (χ3v) is 9.62. The first-order chi connectivity index (χ1) is 13.0. The SMILES string of the molecule is Cc1ccc([C@@H]2SCC(=O)N2CCCN2C(=O)CS[C@H]2c2ccc(C)s2)s1. The molecule has 4 heterocycles. The summed E-state index contributed by atoms with van der Waals surface area (Å²) in [6.45, 7) is 5.61. The largest absolute Gasteiger partial charge is 0.325 e. The van der Waals surface area contributed by atoms with Gasteiger partial charge in [0, 0.05) is 32.6 Å². The minimum atomic E-state index is 0.135. The number of hydrogen-bond donors (Lipinski definition) is 0. The zero-order chi connectivity index (χ0) is 19.0. The van der Waals surface area contributed by atoms with E-state index in [4.69, 9.17) is 0 Å². The van der Waals surface area contributed by atoms with Crippen LogP contribution in [0.15, 0.2) is 24.3 Å². The molecule has 2 saturated heterocycles. The molecule has 2 aromatic heterocycles. The van der Waals surface area contributed by atoms with Gasteiger partial charge in [-0.25, -0.2) is 0 Å². The maximum Gasteiger partial charge on any atom is 0.233 e. The Morgan fingerprint density at radius 3 is 1.63 bits per heavy atom. The number of carbonyl (C=O) groups is 2. The molecule has 0 bridgehead atoms. The molecule has 0 aromatic carbocycles. The molecule has 8 heteroatoms. The number of thiophene rings is 2. The second-order valence-corrected chi connectivity index (χ2v) is 11.5. The maximum absolute atomic E-state index is 12.4. The molecule has 4 nitrogen and oxygen atoms in total. The van der Waals surface area contributed by atoms with Crippen LogP contribution in [0.1, 0.15) is 36.7 Å². The topological polar surface area (TPSA) is 40.6 Å². The molecule has 2 aliphatic rings. The number of thioether (sulfide) groups is 2. The number of rotatable bonds is 6. The van der Waals surface area contributed by atoms with Crippen LogP contribution in [0.25, 0.3) is 0 Å². The first-order valence-electron chi connectivity index (χ1n) is 8.98. The molecule has 144 valence electrons. The predicted octanol–water partition coefficient (Wildman–Crippen LogP) is 4.66. The lowest BCUT2D eigenvalue weighted by Crippen LogP contribution is -2.34. The number of aryl methyl sites for hydroxylation is 2. The summed E-state index contributed by atoms with van der Waals surface area (Å²) in [5.74, 6) is 1.53. The van der Waals surface area contributed by atoms with Gasteiger partial charge in [-0.2, -0.15) is 0 Å². The maximum atomic E-state index is 12.4. The Hall–Kier alpha value is -0.960. The van der Waals surface area contributed by atoms with Gasteiger partial charge in [-0.3, -0.25) is 9.59 Å². The molecule has 0 unspecified atom stereocenters. The number of amides is 2. The average Bonchev–Trinajstić information content (AvgIpc) is 3.39. The molecule has 0 aliphatic carbocycles. The predicted molar refractivity (Wildman–Crippen MR) is 117 cm³/mol. The molecule has 27 heavy (non-hydrogen) atoms. The Morgan fingerprint density at radius 1 is 0.815 bits per heavy atom. The van der Waals surface area contributed by atoms with Crippen molar-refractivity contribution >= 4 is 58.0 Å². The number of nitrogens with zero attached hydrogens (tertiary/aromatic N) is 2. The van der Waals surface area contributed by atoms with Gasteiger partial charge in [0.05, 0.1) is 11.5 Å². The highest BCUT2D eigenvalue weighted by atomic mass is 32.2. The van der Waals surface area contributed by atoms with Crippen LogP contribution in [0.3, 0.4) is 0 Å². The monoisotopic (exact) mass is 438 g/mol. The molecule has 0 radical (unpaired) electrons. The first kappa shape index (κ1) is 19.4. The summed E-state index contributed by atoms with van der Waals surface area (Å²) >= 11 is 6.96. The van der Waals surface area contributed by atoms with Gasteiger partial charge in [0.2, 0.25) is 11.8 Å². The lowest BCUT2D eigenvalue weighted by Gasteiger charge is -2.26. The van der Waals surface area contributed by atoms with Crippen molar-refractivity contribution in [2.24, 2.45) is 0 Å². The van der Waals surface area contributed by atoms with Crippen LogP contribution in [0.4, 0.5) is 0 Å². The second-order valence-electron chi connectivity index (χ2n) is 6.75. The van der Waals surface area contributed by atoms with Crippen molar-refractivity contribution in [3.8, 4) is 0 Å². The first-order valence-corrected chi connectivity index (χ1v) is 12.7. The summed E-state index contributed by atoms with van der Waals surface area (Å²) in [4.78, 5) is 33.8. The van der Waals surface area contributed by atoms with Crippen molar-refractivity contribution in [3.63, 3.8) is 0 Å². The molecule has 0 spiro atoms. The van der Waals surface area contributed by atoms with E-state index >= 15 is 0 Å². The molecule has 2 fully saturated rings. The van der Waals surface area contributed by atoms with Crippen molar-refractivity contribution in [1.82, 2.24) is 9.80 Å². The van der Waals surface area contributed by atoms with Crippen LogP contribution in [0, 0.1) is 13.8 Å². The molecule has 2 amide bonds. The van der Waals surface area contributed by atoms with Gasteiger partial charge >= 0.3 is 0 Å². The Labute approximate surface area is 176 Å². The van der Waals surface area contributed by atoms with Gasteiger partial charge in [0.25, 0.3) is 0 Å². The lowest BCUT2D eigenvalue weighted by molar-refractivity contribution is -0.128. The van der Waals surface area contributed by atoms with Gasteiger partial charge in [-0.05, 0) is 44.5 Å². The standard InChI is InChI=1S/C19H22N2O2S4/c1-12-4-6-14(26-12)18-20(16(22)10-24-18)8-3-9-21-17(23)11-25-19(21)15-7-5-13(2)27-15/h4-7,18-19H,3,8-11H2,1-2H3/t18-,19-/m0/s1. The molecule has 2 atom stereocenters. The molecular weight excluding hydrogens is 416 g/mol. The third kappa shape index (κ3) is 4.09. The van der Waals surface area contributed by atoms with Gasteiger partial charge < -0.3 is 9.80 Å². The molecule has 4 rings (SSSR count). The molecule has 2 aromatic rings. The van der Waals surface area contributed by atoms with Gasteiger partial charge in [-0.15, -0.1) is 46.2 Å². The fraction of sp³-hybridized carbons (Fsp3) is 0.474. The zero-order valence-corrected chi connectivity index (χ0v) is 18.6. The average molecular weight is 439 g/mol. The van der Waals surface area contributed by atoms with E-state index in [1.54, 1.807) is 46.2 Å². The van der Waals surface area contributed by atoms with Crippen molar-refractivity contribution in [3.05, 3.63) is 43.8 Å². The fourth-order valence-corrected chi connectivity index (χ4v) is 8.11. The third-order valence-electron chi connectivity index (χ3n) is 4.74. The van der Waals surface area contributed by atoms with E-state index in [0.29, 0.717) is 24.6 Å². The fourth-order valence-electron chi connectivity index (χ4n) is 3.45. The van der Waals surface area contributed by atoms with Crippen molar-refractivity contribution in [1.29, 1.82) is 0 Å². The summed E-state index contributed by atoms with van der Waals surface area (Å²) in [5.41, 5.74) is 0. The van der Waals surface area contributed by atoms with Gasteiger partial charge in [-0.1, -0.05) is 0 Å². The van der Waals surface area contributed by atoms with Crippen LogP contribution >= 0.6 is 46.2 Å². The number of hydrogen-bond acceptors (Lipinski definition) is 6. The van der Waals surface area contributed by atoms with Crippen LogP contribution in [0.2, 0.25) is 0 Å². The van der Waals surface area contributed by atoms with E-state index in [1.807, 2.05) is 9.80 Å². The summed E-state index contributed by atoms with van der Waals surface area (Å²) < 4.78 is 0.